The average Bonchev–Trinajstić information content (AvgIpc) is 2.98. The van der Waals surface area contributed by atoms with E-state index >= 15 is 0 Å². The first kappa shape index (κ1) is 19.8. The molecule has 1 aliphatic rings. The molecule has 2 aromatic carbocycles. The van der Waals surface area contributed by atoms with E-state index < -0.39 is 0 Å². The van der Waals surface area contributed by atoms with Gasteiger partial charge < -0.3 is 9.29 Å². The summed E-state index contributed by atoms with van der Waals surface area (Å²) in [5.74, 6) is 0.280. The van der Waals surface area contributed by atoms with Crippen LogP contribution in [0, 0.1) is 12.3 Å². The van der Waals surface area contributed by atoms with Crippen molar-refractivity contribution in [3.8, 4) is 0 Å². The van der Waals surface area contributed by atoms with Crippen molar-refractivity contribution in [2.45, 2.75) is 44.9 Å². The molecule has 0 amide bonds. The molecule has 0 spiro atoms. The summed E-state index contributed by atoms with van der Waals surface area (Å²) in [5, 5.41) is 0. The molecule has 0 fully saturated rings. The third-order valence-electron chi connectivity index (χ3n) is 5.66. The Morgan fingerprint density at radius 1 is 1.03 bits per heavy atom. The lowest BCUT2D eigenvalue weighted by molar-refractivity contribution is 0.0911. The van der Waals surface area contributed by atoms with Crippen molar-refractivity contribution >= 4 is 23.4 Å². The Hall–Kier alpha value is -2.46. The van der Waals surface area contributed by atoms with Gasteiger partial charge in [0, 0.05) is 47.4 Å². The number of rotatable bonds is 5. The summed E-state index contributed by atoms with van der Waals surface area (Å²) in [7, 11) is 2.09. The second-order valence-corrected chi connectivity index (χ2v) is 9.90. The van der Waals surface area contributed by atoms with Crippen LogP contribution in [-0.4, -0.2) is 17.8 Å². The molecule has 0 saturated heterocycles. The van der Waals surface area contributed by atoms with Crippen molar-refractivity contribution in [1.82, 2.24) is 4.98 Å². The fraction of sp³-hybridized carbons (Fsp3) is 0.320. The minimum atomic E-state index is 0.0325. The van der Waals surface area contributed by atoms with Crippen LogP contribution in [0.3, 0.4) is 0 Å². The SMILES string of the molecule is Cc1[nH]c2c(c1Cc1ccccc1SN(C)c1ccccc1)C(=O)CC(C)(C)C2. The van der Waals surface area contributed by atoms with E-state index in [1.807, 2.05) is 6.07 Å². The Bertz CT molecular complexity index is 1040. The van der Waals surface area contributed by atoms with Gasteiger partial charge in [-0.25, -0.2) is 0 Å². The van der Waals surface area contributed by atoms with Crippen molar-refractivity contribution < 1.29 is 4.79 Å². The van der Waals surface area contributed by atoms with Gasteiger partial charge >= 0.3 is 0 Å². The van der Waals surface area contributed by atoms with E-state index in [0.29, 0.717) is 6.42 Å². The summed E-state index contributed by atoms with van der Waals surface area (Å²) < 4.78 is 2.19. The van der Waals surface area contributed by atoms with Gasteiger partial charge in [0.2, 0.25) is 0 Å². The lowest BCUT2D eigenvalue weighted by atomic mass is 9.75. The summed E-state index contributed by atoms with van der Waals surface area (Å²) in [4.78, 5) is 17.7. The largest absolute Gasteiger partial charge is 0.362 e. The Labute approximate surface area is 177 Å². The van der Waals surface area contributed by atoms with Crippen LogP contribution < -0.4 is 4.31 Å². The van der Waals surface area contributed by atoms with Crippen LogP contribution in [0.15, 0.2) is 59.5 Å². The molecule has 3 nitrogen and oxygen atoms in total. The van der Waals surface area contributed by atoms with Gasteiger partial charge in [-0.15, -0.1) is 0 Å². The molecule has 0 aliphatic heterocycles. The number of aromatic amines is 1. The third-order valence-corrected chi connectivity index (χ3v) is 6.74. The molecule has 0 radical (unpaired) electrons. The molecule has 1 aliphatic carbocycles. The lowest BCUT2D eigenvalue weighted by Gasteiger charge is -2.28. The predicted octanol–water partition coefficient (Wildman–Crippen LogP) is 6.21. The minimum absolute atomic E-state index is 0.0325. The number of fused-ring (bicyclic) bond motifs is 1. The number of anilines is 1. The highest BCUT2D eigenvalue weighted by Crippen LogP contribution is 2.38. The summed E-state index contributed by atoms with van der Waals surface area (Å²) in [6.07, 6.45) is 2.33. The Morgan fingerprint density at radius 2 is 1.72 bits per heavy atom. The number of hydrogen-bond acceptors (Lipinski definition) is 3. The number of nitrogens with zero attached hydrogens (tertiary/aromatic N) is 1. The highest BCUT2D eigenvalue weighted by Gasteiger charge is 2.34. The average molecular weight is 405 g/mol. The van der Waals surface area contributed by atoms with Gasteiger partial charge in [0.1, 0.15) is 0 Å². The van der Waals surface area contributed by atoms with Gasteiger partial charge in [0.15, 0.2) is 5.78 Å². The highest BCUT2D eigenvalue weighted by molar-refractivity contribution is 8.00. The molecule has 0 atom stereocenters. The van der Waals surface area contributed by atoms with E-state index in [1.165, 1.54) is 16.1 Å². The van der Waals surface area contributed by atoms with Crippen LogP contribution in [0.4, 0.5) is 5.69 Å². The predicted molar refractivity (Wildman–Crippen MR) is 122 cm³/mol. The molecule has 150 valence electrons. The van der Waals surface area contributed by atoms with E-state index in [2.05, 4.69) is 85.6 Å². The van der Waals surface area contributed by atoms with Gasteiger partial charge in [-0.05, 0) is 60.0 Å². The standard InChI is InChI=1S/C25H28N2OS/c1-17-20(24-21(26-17)15-25(2,3)16-22(24)28)14-18-10-8-9-13-23(18)29-27(4)19-11-6-5-7-12-19/h5-13,26H,14-16H2,1-4H3. The fourth-order valence-corrected chi connectivity index (χ4v) is 5.17. The molecule has 0 bridgehead atoms. The maximum absolute atomic E-state index is 12.9. The molecule has 4 heteroatoms. The second kappa shape index (κ2) is 7.75. The second-order valence-electron chi connectivity index (χ2n) is 8.73. The molecule has 4 rings (SSSR count). The first-order valence-electron chi connectivity index (χ1n) is 10.1. The molecule has 29 heavy (non-hydrogen) atoms. The van der Waals surface area contributed by atoms with Gasteiger partial charge in [-0.3, -0.25) is 4.79 Å². The van der Waals surface area contributed by atoms with Crippen molar-refractivity contribution in [1.29, 1.82) is 0 Å². The Kier molecular flexibility index (Phi) is 5.30. The molecule has 1 heterocycles. The first-order valence-corrected chi connectivity index (χ1v) is 10.9. The zero-order valence-electron chi connectivity index (χ0n) is 17.6. The molecule has 1 aromatic heterocycles. The molecular formula is C25H28N2OS. The number of nitrogens with one attached hydrogen (secondary N) is 1. The van der Waals surface area contributed by atoms with Crippen LogP contribution in [0.25, 0.3) is 0 Å². The number of aromatic nitrogens is 1. The molecular weight excluding hydrogens is 376 g/mol. The van der Waals surface area contributed by atoms with Crippen LogP contribution in [-0.2, 0) is 12.8 Å². The van der Waals surface area contributed by atoms with E-state index in [1.54, 1.807) is 11.9 Å². The summed E-state index contributed by atoms with van der Waals surface area (Å²) in [6, 6.07) is 18.9. The number of para-hydroxylation sites is 1. The number of Topliss-reactive ketones (excluding diaryl/α,β-unsaturated/α-hetero) is 1. The topological polar surface area (TPSA) is 36.1 Å². The van der Waals surface area contributed by atoms with Crippen LogP contribution in [0.5, 0.6) is 0 Å². The molecule has 0 saturated carbocycles. The van der Waals surface area contributed by atoms with Crippen molar-refractivity contribution in [2.24, 2.45) is 5.41 Å². The number of carbonyl (C=O) groups is 1. The number of carbonyl (C=O) groups excluding carboxylic acids is 1. The Morgan fingerprint density at radius 3 is 2.48 bits per heavy atom. The van der Waals surface area contributed by atoms with Gasteiger partial charge in [-0.1, -0.05) is 50.2 Å². The summed E-state index contributed by atoms with van der Waals surface area (Å²) >= 11 is 1.73. The van der Waals surface area contributed by atoms with Gasteiger partial charge in [-0.2, -0.15) is 0 Å². The normalized spacial score (nSPS) is 15.2. The van der Waals surface area contributed by atoms with Crippen LogP contribution in [0.2, 0.25) is 0 Å². The Balaban J connectivity index is 1.64. The van der Waals surface area contributed by atoms with Crippen molar-refractivity contribution in [3.63, 3.8) is 0 Å². The zero-order valence-corrected chi connectivity index (χ0v) is 18.4. The maximum Gasteiger partial charge on any atom is 0.165 e. The van der Waals surface area contributed by atoms with Gasteiger partial charge in [0.05, 0.1) is 0 Å². The van der Waals surface area contributed by atoms with Crippen LogP contribution >= 0.6 is 11.9 Å². The van der Waals surface area contributed by atoms with E-state index in [-0.39, 0.29) is 11.2 Å². The number of H-pyrrole nitrogens is 1. The van der Waals surface area contributed by atoms with Crippen molar-refractivity contribution in [3.05, 3.63) is 82.7 Å². The monoisotopic (exact) mass is 404 g/mol. The fourth-order valence-electron chi connectivity index (χ4n) is 4.26. The molecule has 1 N–H and O–H groups in total. The number of benzene rings is 2. The van der Waals surface area contributed by atoms with Crippen LogP contribution in [0.1, 0.15) is 53.1 Å². The quantitative estimate of drug-likeness (QED) is 0.513. The summed E-state index contributed by atoms with van der Waals surface area (Å²) in [5.41, 5.74) is 6.80. The van der Waals surface area contributed by atoms with E-state index in [4.69, 9.17) is 0 Å². The summed E-state index contributed by atoms with van der Waals surface area (Å²) in [6.45, 7) is 6.45. The lowest BCUT2D eigenvalue weighted by Crippen LogP contribution is -2.27. The number of aryl methyl sites for hydroxylation is 1. The highest BCUT2D eigenvalue weighted by atomic mass is 32.2. The van der Waals surface area contributed by atoms with E-state index in [9.17, 15) is 4.79 Å². The number of ketones is 1. The third kappa shape index (κ3) is 4.13. The first-order chi connectivity index (χ1) is 13.8. The molecule has 0 unspecified atom stereocenters. The number of hydrogen-bond donors (Lipinski definition) is 1. The van der Waals surface area contributed by atoms with Crippen molar-refractivity contribution in [2.75, 3.05) is 11.4 Å². The minimum Gasteiger partial charge on any atom is -0.362 e. The smallest absolute Gasteiger partial charge is 0.165 e. The maximum atomic E-state index is 12.9. The molecule has 3 aromatic rings. The van der Waals surface area contributed by atoms with E-state index in [0.717, 1.165) is 35.4 Å². The zero-order chi connectivity index (χ0) is 20.6. The van der Waals surface area contributed by atoms with Gasteiger partial charge in [0.25, 0.3) is 0 Å².